The van der Waals surface area contributed by atoms with Crippen LogP contribution in [0.3, 0.4) is 0 Å². The first-order chi connectivity index (χ1) is 23.2. The van der Waals surface area contributed by atoms with E-state index in [1.807, 2.05) is 0 Å². The molecule has 0 spiro atoms. The maximum atomic E-state index is 12.5. The normalized spacial score (nSPS) is 54.2. The number of carbonyl (C=O) groups excluding carboxylic acids is 1. The zero-order chi connectivity index (χ0) is 35.0. The largest absolute Gasteiger partial charge is 0.458 e. The highest BCUT2D eigenvalue weighted by atomic mass is 16.7. The first-order valence-electron chi connectivity index (χ1n) is 18.2. The van der Waals surface area contributed by atoms with Gasteiger partial charge in [0.15, 0.2) is 12.6 Å². The van der Waals surface area contributed by atoms with E-state index in [-0.39, 0.29) is 34.7 Å². The summed E-state index contributed by atoms with van der Waals surface area (Å²) in [7, 11) is 0. The summed E-state index contributed by atoms with van der Waals surface area (Å²) in [5.74, 6) is 0.802. The molecule has 14 heteroatoms. The average Bonchev–Trinajstić information content (AvgIpc) is 3.62. The molecule has 49 heavy (non-hydrogen) atoms. The summed E-state index contributed by atoms with van der Waals surface area (Å²) in [6, 6.07) is -0.976. The van der Waals surface area contributed by atoms with E-state index in [9.17, 15) is 35.9 Å². The number of aliphatic hydroxyl groups is 5. The van der Waals surface area contributed by atoms with Crippen molar-refractivity contribution in [2.24, 2.45) is 39.6 Å². The first kappa shape index (κ1) is 35.6. The number of nitrogens with zero attached hydrogens (tertiary/aromatic N) is 3. The third-order valence-corrected chi connectivity index (χ3v) is 14.3. The van der Waals surface area contributed by atoms with Crippen molar-refractivity contribution in [2.75, 3.05) is 6.61 Å². The maximum Gasteiger partial charge on any atom is 0.331 e. The van der Waals surface area contributed by atoms with Gasteiger partial charge in [-0.3, -0.25) is 0 Å². The zero-order valence-electron chi connectivity index (χ0n) is 28.8. The molecule has 5 N–H and O–H groups in total. The number of azide groups is 1. The predicted molar refractivity (Wildman–Crippen MR) is 171 cm³/mol. The molecular weight excluding hydrogens is 638 g/mol. The Hall–Kier alpha value is -1.84. The number of ether oxygens (including phenoxy) is 5. The van der Waals surface area contributed by atoms with Gasteiger partial charge in [-0.15, -0.1) is 0 Å². The van der Waals surface area contributed by atoms with Crippen molar-refractivity contribution in [3.63, 3.8) is 0 Å². The van der Waals surface area contributed by atoms with Crippen molar-refractivity contribution in [2.45, 2.75) is 159 Å². The molecule has 0 aromatic carbocycles. The molecule has 3 aliphatic heterocycles. The molecule has 3 heterocycles. The van der Waals surface area contributed by atoms with Crippen LogP contribution in [0.2, 0.25) is 0 Å². The van der Waals surface area contributed by atoms with Gasteiger partial charge in [-0.2, -0.15) is 0 Å². The van der Waals surface area contributed by atoms with E-state index in [0.717, 1.165) is 63.4 Å². The second kappa shape index (κ2) is 13.0. The van der Waals surface area contributed by atoms with Crippen molar-refractivity contribution < 1.29 is 54.0 Å². The van der Waals surface area contributed by atoms with E-state index in [4.69, 9.17) is 23.7 Å². The van der Waals surface area contributed by atoms with Gasteiger partial charge in [-0.25, -0.2) is 4.79 Å². The van der Waals surface area contributed by atoms with Crippen LogP contribution in [0, 0.1) is 34.5 Å². The number of carbonyl (C=O) groups is 1. The fourth-order valence-electron chi connectivity index (χ4n) is 11.5. The van der Waals surface area contributed by atoms with Crippen molar-refractivity contribution >= 4 is 5.97 Å². The lowest BCUT2D eigenvalue weighted by atomic mass is 9.43. The van der Waals surface area contributed by atoms with Crippen molar-refractivity contribution in [3.05, 3.63) is 22.1 Å². The number of esters is 1. The molecule has 18 atom stereocenters. The van der Waals surface area contributed by atoms with Gasteiger partial charge in [0.25, 0.3) is 0 Å². The average molecular weight is 692 g/mol. The minimum atomic E-state index is -1.60. The van der Waals surface area contributed by atoms with E-state index in [1.165, 1.54) is 6.92 Å². The predicted octanol–water partition coefficient (Wildman–Crippen LogP) is 2.63. The number of cyclic esters (lactones) is 1. The Morgan fingerprint density at radius 3 is 2.33 bits per heavy atom. The Morgan fingerprint density at radius 2 is 1.61 bits per heavy atom. The molecule has 4 aliphatic carbocycles. The van der Waals surface area contributed by atoms with Gasteiger partial charge in [-0.1, -0.05) is 19.0 Å². The van der Waals surface area contributed by atoms with Crippen LogP contribution in [0.5, 0.6) is 0 Å². The minimum Gasteiger partial charge on any atom is -0.458 e. The molecule has 0 aromatic heterocycles. The van der Waals surface area contributed by atoms with Crippen molar-refractivity contribution in [3.8, 4) is 0 Å². The second-order valence-electron chi connectivity index (χ2n) is 16.5. The number of fused-ring (bicyclic) bond motifs is 5. The monoisotopic (exact) mass is 691 g/mol. The van der Waals surface area contributed by atoms with E-state index in [2.05, 4.69) is 23.9 Å². The van der Waals surface area contributed by atoms with Gasteiger partial charge in [0.1, 0.15) is 37.1 Å². The van der Waals surface area contributed by atoms with E-state index in [0.29, 0.717) is 18.4 Å². The molecule has 2 saturated heterocycles. The summed E-state index contributed by atoms with van der Waals surface area (Å²) in [6.07, 6.45) is -1.76. The topological polar surface area (TPSA) is 213 Å². The fraction of sp³-hybridized carbons (Fsp3) is 0.914. The summed E-state index contributed by atoms with van der Waals surface area (Å²) in [6.45, 7) is 8.19. The van der Waals surface area contributed by atoms with Crippen molar-refractivity contribution in [1.29, 1.82) is 0 Å². The molecule has 7 unspecified atom stereocenters. The van der Waals surface area contributed by atoms with E-state index >= 15 is 0 Å². The molecule has 0 radical (unpaired) electrons. The number of rotatable bonds is 6. The summed E-state index contributed by atoms with van der Waals surface area (Å²) in [5.41, 5.74) is 9.24. The summed E-state index contributed by atoms with van der Waals surface area (Å²) in [5, 5.41) is 58.8. The van der Waals surface area contributed by atoms with Gasteiger partial charge in [0.05, 0.1) is 30.0 Å². The molecule has 7 aliphatic rings. The Morgan fingerprint density at radius 1 is 0.878 bits per heavy atom. The van der Waals surface area contributed by atoms with E-state index in [1.54, 1.807) is 13.0 Å². The Bertz CT molecular complexity index is 1360. The molecule has 0 aromatic rings. The highest BCUT2D eigenvalue weighted by molar-refractivity contribution is 5.85. The lowest BCUT2D eigenvalue weighted by Gasteiger charge is -2.64. The standard InChI is InChI=1S/C35H53N3O11/c1-16-25(37-38-36)30(49-31-28(42)27(41)26(40)17(2)47-31)29(43)32(46-16)48-20-7-10-33(3)19(14-20)5-6-23-22(33)8-11-34(4)21(9-12-35(23,34)44)18-13-24(39)45-15-18/h13,16-17,19-23,25-32,40-44H,5-12,14-15H2,1-4H3/t16?,17?,19-,20+,21-,22?,23-,25+,26+,27?,28+,29+,30?,31+,32+,33?,34?,35+/m1/s1. The molecule has 0 amide bonds. The molecule has 6 fully saturated rings. The molecule has 0 bridgehead atoms. The Balaban J connectivity index is 1.03. The fourth-order valence-corrected chi connectivity index (χ4v) is 11.5. The van der Waals surface area contributed by atoms with Gasteiger partial charge < -0.3 is 49.2 Å². The minimum absolute atomic E-state index is 0.0256. The Labute approximate surface area is 286 Å². The zero-order valence-corrected chi connectivity index (χ0v) is 28.8. The molecule has 7 rings (SSSR count). The summed E-state index contributed by atoms with van der Waals surface area (Å²) < 4.78 is 29.4. The van der Waals surface area contributed by atoms with Crippen molar-refractivity contribution in [1.82, 2.24) is 0 Å². The lowest BCUT2D eigenvalue weighted by molar-refractivity contribution is -0.345. The third kappa shape index (κ3) is 5.66. The number of hydrogen-bond donors (Lipinski definition) is 5. The smallest absolute Gasteiger partial charge is 0.331 e. The van der Waals surface area contributed by atoms with Crippen LogP contribution >= 0.6 is 0 Å². The maximum absolute atomic E-state index is 12.5. The third-order valence-electron chi connectivity index (χ3n) is 14.3. The van der Waals surface area contributed by atoms with Crippen LogP contribution in [0.1, 0.15) is 85.5 Å². The summed E-state index contributed by atoms with van der Waals surface area (Å²) in [4.78, 5) is 14.8. The van der Waals surface area contributed by atoms with Gasteiger partial charge in [0.2, 0.25) is 0 Å². The summed E-state index contributed by atoms with van der Waals surface area (Å²) >= 11 is 0. The number of hydrogen-bond acceptors (Lipinski definition) is 12. The Kier molecular flexibility index (Phi) is 9.42. The lowest BCUT2D eigenvalue weighted by Crippen LogP contribution is -2.63. The van der Waals surface area contributed by atoms with E-state index < -0.39 is 67.0 Å². The van der Waals surface area contributed by atoms with Crippen LogP contribution in [0.25, 0.3) is 10.4 Å². The van der Waals surface area contributed by atoms with Gasteiger partial charge in [0, 0.05) is 16.4 Å². The molecule has 14 nitrogen and oxygen atoms in total. The highest BCUT2D eigenvalue weighted by Gasteiger charge is 2.68. The van der Waals surface area contributed by atoms with Crippen LogP contribution in [-0.2, 0) is 28.5 Å². The van der Waals surface area contributed by atoms with Crippen LogP contribution in [0.4, 0.5) is 0 Å². The van der Waals surface area contributed by atoms with Crippen LogP contribution in [0.15, 0.2) is 16.8 Å². The molecule has 274 valence electrons. The second-order valence-corrected chi connectivity index (χ2v) is 16.5. The SMILES string of the molecule is CC1O[C@@H](OC2[C@@H](N=[N+]=[N-])C(C)O[C@@H](O[C@H]3CCC4(C)C5CCC6(C)[C@@H](C7=CC(=O)OC7)CC[C@]6(O)[C@@H]5CC[C@@H]4C3)[C@H]2O)[C@@H](O)C(O)[C@H]1O. The van der Waals surface area contributed by atoms with Crippen LogP contribution in [-0.4, -0.2) is 111 Å². The highest BCUT2D eigenvalue weighted by Crippen LogP contribution is 2.70. The molecular formula is C35H53N3O11. The van der Waals surface area contributed by atoms with Gasteiger partial charge >= 0.3 is 5.97 Å². The van der Waals surface area contributed by atoms with Crippen LogP contribution < -0.4 is 0 Å². The van der Waals surface area contributed by atoms with Gasteiger partial charge in [-0.05, 0) is 112 Å². The molecule has 4 saturated carbocycles. The quantitative estimate of drug-likeness (QED) is 0.0898. The number of aliphatic hydroxyl groups excluding tert-OH is 4. The first-order valence-corrected chi connectivity index (χ1v) is 18.2.